The van der Waals surface area contributed by atoms with Crippen molar-refractivity contribution in [1.29, 1.82) is 0 Å². The van der Waals surface area contributed by atoms with Gasteiger partial charge in [0.2, 0.25) is 5.91 Å². The van der Waals surface area contributed by atoms with Crippen LogP contribution in [0.1, 0.15) is 0 Å². The average molecular weight is 229 g/mol. The molecule has 8 heavy (non-hydrogen) atoms. The number of halogens is 1. The second-order valence-corrected chi connectivity index (χ2v) is 1.84. The van der Waals surface area contributed by atoms with Crippen LogP contribution in [0.3, 0.4) is 0 Å². The molecule has 4 nitrogen and oxygen atoms in total. The van der Waals surface area contributed by atoms with Gasteiger partial charge >= 0.3 is 0 Å². The number of carbonyl (C=O) groups is 1. The third-order valence-electron chi connectivity index (χ3n) is 0.684. The molecule has 48 valence electrons. The summed E-state index contributed by atoms with van der Waals surface area (Å²) in [4.78, 5) is 10.4. The Morgan fingerprint density at radius 3 is 2.50 bits per heavy atom. The maximum Gasteiger partial charge on any atom is 0.246 e. The summed E-state index contributed by atoms with van der Waals surface area (Å²) >= 11 is 1.72. The van der Waals surface area contributed by atoms with Gasteiger partial charge in [-0.25, -0.2) is 0 Å². The van der Waals surface area contributed by atoms with Crippen LogP contribution in [0.2, 0.25) is 0 Å². The second-order valence-electron chi connectivity index (χ2n) is 1.30. The lowest BCUT2D eigenvalue weighted by molar-refractivity contribution is -0.119. The number of amides is 1. The first kappa shape index (κ1) is 8.12. The molecule has 1 atom stereocenters. The zero-order valence-electron chi connectivity index (χ0n) is 4.23. The molecular formula is C3H8IN3O. The molecule has 0 saturated carbocycles. The van der Waals surface area contributed by atoms with E-state index in [1.54, 1.807) is 22.9 Å². The lowest BCUT2D eigenvalue weighted by Crippen LogP contribution is -2.42. The highest BCUT2D eigenvalue weighted by Gasteiger charge is 2.07. The van der Waals surface area contributed by atoms with Gasteiger partial charge in [-0.3, -0.25) is 8.32 Å². The summed E-state index contributed by atoms with van der Waals surface area (Å²) in [6.07, 6.45) is 0. The Balaban J connectivity index is 3.46. The lowest BCUT2D eigenvalue weighted by atomic mass is 10.3. The minimum Gasteiger partial charge on any atom is -0.328 e. The van der Waals surface area contributed by atoms with Crippen molar-refractivity contribution in [3.05, 3.63) is 0 Å². The molecule has 5 heteroatoms. The Hall–Kier alpha value is 0.120. The van der Waals surface area contributed by atoms with Gasteiger partial charge in [-0.2, -0.15) is 0 Å². The van der Waals surface area contributed by atoms with Crippen LogP contribution in [0.25, 0.3) is 0 Å². The van der Waals surface area contributed by atoms with E-state index in [1.165, 1.54) is 0 Å². The van der Waals surface area contributed by atoms with Gasteiger partial charge in [-0.1, -0.05) is 0 Å². The molecular weight excluding hydrogens is 221 g/mol. The van der Waals surface area contributed by atoms with Crippen molar-refractivity contribution < 1.29 is 4.79 Å². The van der Waals surface area contributed by atoms with E-state index in [1.807, 2.05) is 0 Å². The molecule has 0 aliphatic carbocycles. The molecule has 0 bridgehead atoms. The van der Waals surface area contributed by atoms with Crippen LogP contribution in [0.5, 0.6) is 0 Å². The Morgan fingerprint density at radius 1 is 1.88 bits per heavy atom. The van der Waals surface area contributed by atoms with E-state index in [4.69, 9.17) is 11.5 Å². The Morgan fingerprint density at radius 2 is 2.38 bits per heavy atom. The largest absolute Gasteiger partial charge is 0.328 e. The predicted molar refractivity (Wildman–Crippen MR) is 39.2 cm³/mol. The van der Waals surface area contributed by atoms with Crippen LogP contribution in [-0.4, -0.2) is 18.5 Å². The zero-order valence-corrected chi connectivity index (χ0v) is 6.38. The van der Waals surface area contributed by atoms with E-state index in [-0.39, 0.29) is 12.5 Å². The van der Waals surface area contributed by atoms with E-state index >= 15 is 0 Å². The normalized spacial score (nSPS) is 12.9. The van der Waals surface area contributed by atoms with Crippen molar-refractivity contribution in [2.45, 2.75) is 6.04 Å². The van der Waals surface area contributed by atoms with Gasteiger partial charge in [0, 0.05) is 6.54 Å². The molecule has 5 N–H and O–H groups in total. The van der Waals surface area contributed by atoms with Crippen molar-refractivity contribution in [2.24, 2.45) is 11.5 Å². The third kappa shape index (κ3) is 2.43. The number of hydrogen-bond donors (Lipinski definition) is 3. The standard InChI is InChI=1S/C3H8IN3O/c4-7-3(8)2(6)1-5/h2H,1,5-6H2,(H,7,8)/t2-/m1/s1. The summed E-state index contributed by atoms with van der Waals surface area (Å²) in [5, 5.41) is 0. The first-order valence-electron chi connectivity index (χ1n) is 2.08. The van der Waals surface area contributed by atoms with Gasteiger partial charge in [-0.05, 0) is 0 Å². The van der Waals surface area contributed by atoms with Crippen molar-refractivity contribution >= 4 is 28.8 Å². The van der Waals surface area contributed by atoms with E-state index in [0.717, 1.165) is 0 Å². The summed E-state index contributed by atoms with van der Waals surface area (Å²) in [7, 11) is 0. The molecule has 0 heterocycles. The van der Waals surface area contributed by atoms with E-state index in [2.05, 4.69) is 3.53 Å². The zero-order chi connectivity index (χ0) is 6.57. The fraction of sp³-hybridized carbons (Fsp3) is 0.667. The number of nitrogens with one attached hydrogen (secondary N) is 1. The van der Waals surface area contributed by atoms with E-state index in [9.17, 15) is 4.79 Å². The van der Waals surface area contributed by atoms with Crippen LogP contribution in [-0.2, 0) is 4.79 Å². The van der Waals surface area contributed by atoms with Gasteiger partial charge in [0.25, 0.3) is 0 Å². The van der Waals surface area contributed by atoms with E-state index < -0.39 is 6.04 Å². The van der Waals surface area contributed by atoms with Crippen molar-refractivity contribution in [2.75, 3.05) is 6.54 Å². The Bertz CT molecular complexity index is 86.6. The molecule has 0 aliphatic heterocycles. The molecule has 0 aromatic heterocycles. The monoisotopic (exact) mass is 229 g/mol. The SMILES string of the molecule is NC[C@@H](N)C(=O)NI. The molecule has 0 aliphatic rings. The molecule has 0 saturated heterocycles. The summed E-state index contributed by atoms with van der Waals surface area (Å²) in [6, 6.07) is -0.563. The number of hydrogen-bond acceptors (Lipinski definition) is 3. The van der Waals surface area contributed by atoms with Gasteiger partial charge in [0.1, 0.15) is 0 Å². The van der Waals surface area contributed by atoms with Gasteiger partial charge in [0.05, 0.1) is 28.9 Å². The quantitative estimate of drug-likeness (QED) is 0.408. The highest BCUT2D eigenvalue weighted by atomic mass is 127. The molecule has 0 aromatic carbocycles. The Kier molecular flexibility index (Phi) is 4.11. The van der Waals surface area contributed by atoms with Gasteiger partial charge in [-0.15, -0.1) is 0 Å². The first-order chi connectivity index (χ1) is 3.72. The van der Waals surface area contributed by atoms with Crippen LogP contribution in [0, 0.1) is 0 Å². The van der Waals surface area contributed by atoms with E-state index in [0.29, 0.717) is 0 Å². The first-order valence-corrected chi connectivity index (χ1v) is 3.16. The molecule has 0 radical (unpaired) electrons. The summed E-state index contributed by atoms with van der Waals surface area (Å²) in [5.41, 5.74) is 10.2. The highest BCUT2D eigenvalue weighted by molar-refractivity contribution is 14.1. The molecule has 0 aromatic rings. The molecule has 1 amide bonds. The molecule has 0 spiro atoms. The topological polar surface area (TPSA) is 81.1 Å². The summed E-state index contributed by atoms with van der Waals surface area (Å²) in [6.45, 7) is 0.189. The fourth-order valence-corrected chi connectivity index (χ4v) is 0.577. The minimum absolute atomic E-state index is 0.189. The number of rotatable bonds is 2. The van der Waals surface area contributed by atoms with Crippen LogP contribution >= 0.6 is 22.9 Å². The fourth-order valence-electron chi connectivity index (χ4n) is 0.177. The maximum atomic E-state index is 10.4. The molecule has 0 unspecified atom stereocenters. The predicted octanol–water partition coefficient (Wildman–Crippen LogP) is -1.26. The molecule has 0 rings (SSSR count). The van der Waals surface area contributed by atoms with Crippen LogP contribution < -0.4 is 15.0 Å². The van der Waals surface area contributed by atoms with Gasteiger partial charge < -0.3 is 11.5 Å². The maximum absolute atomic E-state index is 10.4. The third-order valence-corrected chi connectivity index (χ3v) is 1.22. The van der Waals surface area contributed by atoms with Crippen LogP contribution in [0.4, 0.5) is 0 Å². The number of carbonyl (C=O) groups excluding carboxylic acids is 1. The van der Waals surface area contributed by atoms with Gasteiger partial charge in [0.15, 0.2) is 0 Å². The minimum atomic E-state index is -0.563. The second kappa shape index (κ2) is 4.04. The highest BCUT2D eigenvalue weighted by Crippen LogP contribution is 1.76. The summed E-state index contributed by atoms with van der Waals surface area (Å²) < 4.78 is 2.34. The number of nitrogens with two attached hydrogens (primary N) is 2. The average Bonchev–Trinajstić information content (AvgIpc) is 1.84. The summed E-state index contributed by atoms with van der Waals surface area (Å²) in [5.74, 6) is -0.229. The molecule has 0 fully saturated rings. The lowest BCUT2D eigenvalue weighted by Gasteiger charge is -2.02. The van der Waals surface area contributed by atoms with Crippen molar-refractivity contribution in [3.8, 4) is 0 Å². The van der Waals surface area contributed by atoms with Crippen molar-refractivity contribution in [1.82, 2.24) is 3.53 Å². The Labute approximate surface area is 61.5 Å². The van der Waals surface area contributed by atoms with Crippen molar-refractivity contribution in [3.63, 3.8) is 0 Å². The van der Waals surface area contributed by atoms with Crippen LogP contribution in [0.15, 0.2) is 0 Å². The smallest absolute Gasteiger partial charge is 0.246 e.